The Morgan fingerprint density at radius 3 is 2.61 bits per heavy atom. The van der Waals surface area contributed by atoms with E-state index in [4.69, 9.17) is 9.47 Å². The van der Waals surface area contributed by atoms with Crippen molar-refractivity contribution in [2.45, 2.75) is 38.0 Å². The van der Waals surface area contributed by atoms with E-state index in [1.54, 1.807) is 36.2 Å². The number of unbranched alkanes of at least 4 members (excludes halogenated alkanes) is 1. The zero-order valence-corrected chi connectivity index (χ0v) is 17.2. The van der Waals surface area contributed by atoms with Crippen molar-refractivity contribution >= 4 is 17.7 Å². The van der Waals surface area contributed by atoms with Crippen LogP contribution in [0, 0.1) is 0 Å². The maximum absolute atomic E-state index is 13.4. The molecular formula is C21H30N2O5. The largest absolute Gasteiger partial charge is 0.496 e. The Hall–Kier alpha value is -2.41. The Morgan fingerprint density at radius 1 is 1.25 bits per heavy atom. The number of ether oxygens (including phenoxy) is 2. The van der Waals surface area contributed by atoms with Gasteiger partial charge >= 0.3 is 0 Å². The monoisotopic (exact) mass is 390 g/mol. The molecule has 1 aliphatic rings. The minimum Gasteiger partial charge on any atom is -0.496 e. The predicted octanol–water partition coefficient (Wildman–Crippen LogP) is 1.99. The van der Waals surface area contributed by atoms with E-state index >= 15 is 0 Å². The number of benzene rings is 1. The number of imide groups is 1. The fourth-order valence-corrected chi connectivity index (χ4v) is 3.61. The molecule has 1 unspecified atom stereocenters. The summed E-state index contributed by atoms with van der Waals surface area (Å²) in [5.41, 5.74) is -0.678. The molecule has 7 nitrogen and oxygen atoms in total. The quantitative estimate of drug-likeness (QED) is 0.571. The van der Waals surface area contributed by atoms with Crippen LogP contribution in [0.15, 0.2) is 24.3 Å². The van der Waals surface area contributed by atoms with E-state index in [2.05, 4.69) is 6.92 Å². The van der Waals surface area contributed by atoms with Crippen molar-refractivity contribution in [3.8, 4) is 5.75 Å². The molecule has 2 rings (SSSR count). The Balaban J connectivity index is 2.44. The van der Waals surface area contributed by atoms with Gasteiger partial charge < -0.3 is 14.4 Å². The van der Waals surface area contributed by atoms with Crippen LogP contribution in [0.5, 0.6) is 5.75 Å². The Morgan fingerprint density at radius 2 is 1.96 bits per heavy atom. The van der Waals surface area contributed by atoms with Crippen molar-refractivity contribution in [2.75, 3.05) is 41.0 Å². The number of hydrogen-bond donors (Lipinski definition) is 0. The zero-order valence-electron chi connectivity index (χ0n) is 17.2. The SMILES string of the molecule is CCCCN(C)C(=O)CC1(c2ccccc2OC)CC(=O)N(CCOC)C1=O. The molecule has 1 saturated heterocycles. The van der Waals surface area contributed by atoms with Crippen LogP contribution in [0.2, 0.25) is 0 Å². The van der Waals surface area contributed by atoms with Gasteiger partial charge in [0, 0.05) is 39.1 Å². The Labute approximate surface area is 166 Å². The second-order valence-corrected chi connectivity index (χ2v) is 7.15. The van der Waals surface area contributed by atoms with Gasteiger partial charge in [0.05, 0.1) is 25.7 Å². The molecule has 1 atom stereocenters. The standard InChI is InChI=1S/C21H30N2O5/c1-5-6-11-22(2)18(24)14-21(16-9-7-8-10-17(16)28-4)15-19(25)23(20(21)26)12-13-27-3/h7-10H,5-6,11-15H2,1-4H3. The van der Waals surface area contributed by atoms with Crippen molar-refractivity contribution in [2.24, 2.45) is 0 Å². The van der Waals surface area contributed by atoms with Crippen LogP contribution < -0.4 is 4.74 Å². The number of amides is 3. The molecule has 7 heteroatoms. The van der Waals surface area contributed by atoms with Gasteiger partial charge in [0.15, 0.2) is 0 Å². The van der Waals surface area contributed by atoms with E-state index < -0.39 is 5.41 Å². The van der Waals surface area contributed by atoms with Gasteiger partial charge in [-0.05, 0) is 12.5 Å². The predicted molar refractivity (Wildman–Crippen MR) is 105 cm³/mol. The summed E-state index contributed by atoms with van der Waals surface area (Å²) in [7, 11) is 4.77. The van der Waals surface area contributed by atoms with E-state index in [-0.39, 0.29) is 43.7 Å². The minimum atomic E-state index is -1.25. The van der Waals surface area contributed by atoms with Crippen LogP contribution in [0.1, 0.15) is 38.2 Å². The van der Waals surface area contributed by atoms with E-state index in [0.717, 1.165) is 12.8 Å². The van der Waals surface area contributed by atoms with Crippen molar-refractivity contribution < 1.29 is 23.9 Å². The smallest absolute Gasteiger partial charge is 0.241 e. The van der Waals surface area contributed by atoms with Crippen LogP contribution >= 0.6 is 0 Å². The fourth-order valence-electron chi connectivity index (χ4n) is 3.61. The molecule has 28 heavy (non-hydrogen) atoms. The summed E-state index contributed by atoms with van der Waals surface area (Å²) in [5.74, 6) is -0.316. The molecule has 1 aliphatic heterocycles. The van der Waals surface area contributed by atoms with Crippen LogP contribution in [0.4, 0.5) is 0 Å². The van der Waals surface area contributed by atoms with Gasteiger partial charge in [-0.2, -0.15) is 0 Å². The summed E-state index contributed by atoms with van der Waals surface area (Å²) in [6.07, 6.45) is 1.74. The van der Waals surface area contributed by atoms with Crippen LogP contribution in [0.3, 0.4) is 0 Å². The molecule has 0 aromatic heterocycles. The number of methoxy groups -OCH3 is 2. The third-order valence-electron chi connectivity index (χ3n) is 5.28. The lowest BCUT2D eigenvalue weighted by Gasteiger charge is -2.30. The number of likely N-dealkylation sites (tertiary alicyclic amines) is 1. The summed E-state index contributed by atoms with van der Waals surface area (Å²) in [5, 5.41) is 0. The van der Waals surface area contributed by atoms with Gasteiger partial charge in [0.1, 0.15) is 5.75 Å². The van der Waals surface area contributed by atoms with Gasteiger partial charge in [0.25, 0.3) is 0 Å². The highest BCUT2D eigenvalue weighted by molar-refractivity contribution is 6.11. The van der Waals surface area contributed by atoms with Gasteiger partial charge in [0.2, 0.25) is 17.7 Å². The van der Waals surface area contributed by atoms with Crippen molar-refractivity contribution in [1.29, 1.82) is 0 Å². The number of carbonyl (C=O) groups excluding carboxylic acids is 3. The second kappa shape index (κ2) is 9.68. The normalized spacial score (nSPS) is 19.2. The van der Waals surface area contributed by atoms with Crippen LogP contribution in [-0.2, 0) is 24.5 Å². The lowest BCUT2D eigenvalue weighted by molar-refractivity contribution is -0.143. The second-order valence-electron chi connectivity index (χ2n) is 7.15. The van der Waals surface area contributed by atoms with Crippen LogP contribution in [-0.4, -0.2) is 68.5 Å². The molecule has 0 saturated carbocycles. The maximum atomic E-state index is 13.4. The molecule has 0 radical (unpaired) electrons. The molecule has 1 heterocycles. The number of hydrogen-bond acceptors (Lipinski definition) is 5. The summed E-state index contributed by atoms with van der Waals surface area (Å²) in [4.78, 5) is 41.9. The molecule has 0 bridgehead atoms. The minimum absolute atomic E-state index is 0.0523. The van der Waals surface area contributed by atoms with Gasteiger partial charge in [-0.25, -0.2) is 0 Å². The van der Waals surface area contributed by atoms with Gasteiger partial charge in [-0.3, -0.25) is 19.3 Å². The first-order valence-electron chi connectivity index (χ1n) is 9.62. The molecule has 154 valence electrons. The highest BCUT2D eigenvalue weighted by Crippen LogP contribution is 2.44. The maximum Gasteiger partial charge on any atom is 0.241 e. The Bertz CT molecular complexity index is 721. The molecule has 1 fully saturated rings. The molecule has 0 aliphatic carbocycles. The number of nitrogens with zero attached hydrogens (tertiary/aromatic N) is 2. The summed E-state index contributed by atoms with van der Waals surface area (Å²) < 4.78 is 10.5. The average molecular weight is 390 g/mol. The zero-order chi connectivity index (χ0) is 20.7. The molecule has 1 aromatic rings. The van der Waals surface area contributed by atoms with Crippen molar-refractivity contribution in [3.63, 3.8) is 0 Å². The lowest BCUT2D eigenvalue weighted by atomic mass is 9.75. The van der Waals surface area contributed by atoms with Crippen LogP contribution in [0.25, 0.3) is 0 Å². The fraction of sp³-hybridized carbons (Fsp3) is 0.571. The third kappa shape index (κ3) is 4.35. The van der Waals surface area contributed by atoms with Gasteiger partial charge in [-0.15, -0.1) is 0 Å². The first kappa shape index (κ1) is 21.9. The lowest BCUT2D eigenvalue weighted by Crippen LogP contribution is -2.43. The van der Waals surface area contributed by atoms with E-state index in [1.807, 2.05) is 0 Å². The summed E-state index contributed by atoms with van der Waals surface area (Å²) in [6, 6.07) is 7.11. The summed E-state index contributed by atoms with van der Waals surface area (Å²) in [6.45, 7) is 3.10. The summed E-state index contributed by atoms with van der Waals surface area (Å²) >= 11 is 0. The highest BCUT2D eigenvalue weighted by atomic mass is 16.5. The van der Waals surface area contributed by atoms with E-state index in [9.17, 15) is 14.4 Å². The first-order chi connectivity index (χ1) is 13.4. The van der Waals surface area contributed by atoms with Gasteiger partial charge in [-0.1, -0.05) is 31.5 Å². The number of carbonyl (C=O) groups is 3. The number of para-hydroxylation sites is 1. The molecule has 0 spiro atoms. The topological polar surface area (TPSA) is 76.2 Å². The number of rotatable bonds is 10. The first-order valence-corrected chi connectivity index (χ1v) is 9.62. The molecule has 1 aromatic carbocycles. The van der Waals surface area contributed by atoms with Crippen molar-refractivity contribution in [3.05, 3.63) is 29.8 Å². The van der Waals surface area contributed by atoms with E-state index in [0.29, 0.717) is 17.9 Å². The van der Waals surface area contributed by atoms with E-state index in [1.165, 1.54) is 19.1 Å². The van der Waals surface area contributed by atoms with Crippen molar-refractivity contribution in [1.82, 2.24) is 9.80 Å². The molecule has 0 N–H and O–H groups in total. The Kier molecular flexibility index (Phi) is 7.57. The molecular weight excluding hydrogens is 360 g/mol. The average Bonchev–Trinajstić information content (AvgIpc) is 2.94. The molecule has 3 amide bonds. The highest BCUT2D eigenvalue weighted by Gasteiger charge is 2.55. The third-order valence-corrected chi connectivity index (χ3v) is 5.28.